The van der Waals surface area contributed by atoms with Crippen molar-refractivity contribution in [2.75, 3.05) is 51.3 Å². The first-order valence-corrected chi connectivity index (χ1v) is 14.8. The number of fused-ring (bicyclic) bond motifs is 1. The molecule has 1 saturated heterocycles. The van der Waals surface area contributed by atoms with Crippen molar-refractivity contribution in [2.24, 2.45) is 5.92 Å². The van der Waals surface area contributed by atoms with Gasteiger partial charge in [-0.2, -0.15) is 9.97 Å². The predicted octanol–water partition coefficient (Wildman–Crippen LogP) is 5.10. The zero-order chi connectivity index (χ0) is 28.9. The summed E-state index contributed by atoms with van der Waals surface area (Å²) in [6.07, 6.45) is 5.93. The van der Waals surface area contributed by atoms with Crippen molar-refractivity contribution < 1.29 is 18.3 Å². The second-order valence-corrected chi connectivity index (χ2v) is 11.2. The number of ether oxygens (including phenoxy) is 2. The lowest BCUT2D eigenvalue weighted by Crippen LogP contribution is -2.37. The van der Waals surface area contributed by atoms with Gasteiger partial charge in [-0.25, -0.2) is 13.8 Å². The Morgan fingerprint density at radius 2 is 1.76 bits per heavy atom. The van der Waals surface area contributed by atoms with Gasteiger partial charge in [0, 0.05) is 44.6 Å². The molecule has 6 rings (SSSR count). The Balaban J connectivity index is 1.16. The smallest absolute Gasteiger partial charge is 0.296 e. The van der Waals surface area contributed by atoms with Crippen molar-refractivity contribution in [3.05, 3.63) is 66.2 Å². The summed E-state index contributed by atoms with van der Waals surface area (Å²) in [5.74, 6) is 1.45. The monoisotopic (exact) mass is 577 g/mol. The lowest BCUT2D eigenvalue weighted by atomic mass is 9.87. The number of halogens is 2. The highest BCUT2D eigenvalue weighted by Gasteiger charge is 2.27. The number of aromatic nitrogens is 5. The highest BCUT2D eigenvalue weighted by atomic mass is 19.3. The largest absolute Gasteiger partial charge is 0.474 e. The SMILES string of the molecule is CN(CCc1ccncc1)CC1CCC(Oc2cc(-n3c(C(F)F)nc4ccccc43)nc(N3CCOCC3)n2)CC1. The van der Waals surface area contributed by atoms with E-state index in [1.54, 1.807) is 24.3 Å². The van der Waals surface area contributed by atoms with Gasteiger partial charge in [-0.3, -0.25) is 9.55 Å². The Bertz CT molecular complexity index is 1450. The van der Waals surface area contributed by atoms with Gasteiger partial charge in [0.2, 0.25) is 11.8 Å². The van der Waals surface area contributed by atoms with Crippen LogP contribution in [0, 0.1) is 5.92 Å². The molecule has 0 radical (unpaired) electrons. The Hall–Kier alpha value is -3.70. The number of hydrogen-bond acceptors (Lipinski definition) is 8. The van der Waals surface area contributed by atoms with E-state index in [1.165, 1.54) is 10.1 Å². The maximum absolute atomic E-state index is 14.2. The van der Waals surface area contributed by atoms with Gasteiger partial charge in [0.25, 0.3) is 6.43 Å². The van der Waals surface area contributed by atoms with Gasteiger partial charge in [0.1, 0.15) is 11.9 Å². The summed E-state index contributed by atoms with van der Waals surface area (Å²) in [6, 6.07) is 12.9. The summed E-state index contributed by atoms with van der Waals surface area (Å²) in [5, 5.41) is 0. The average Bonchev–Trinajstić information content (AvgIpc) is 3.42. The Morgan fingerprint density at radius 3 is 2.52 bits per heavy atom. The topological polar surface area (TPSA) is 81.4 Å². The Morgan fingerprint density at radius 1 is 1.00 bits per heavy atom. The summed E-state index contributed by atoms with van der Waals surface area (Å²) in [4.78, 5) is 22.2. The molecule has 1 aliphatic carbocycles. The van der Waals surface area contributed by atoms with E-state index in [2.05, 4.69) is 34.0 Å². The molecule has 222 valence electrons. The van der Waals surface area contributed by atoms with Gasteiger partial charge in [0.05, 0.1) is 24.2 Å². The maximum Gasteiger partial charge on any atom is 0.296 e. The number of hydrogen-bond donors (Lipinski definition) is 0. The first-order valence-electron chi connectivity index (χ1n) is 14.8. The quantitative estimate of drug-likeness (QED) is 0.258. The maximum atomic E-state index is 14.2. The number of pyridine rings is 1. The van der Waals surface area contributed by atoms with E-state index in [-0.39, 0.29) is 11.9 Å². The van der Waals surface area contributed by atoms with Crippen LogP contribution in [0.5, 0.6) is 5.88 Å². The van der Waals surface area contributed by atoms with Crippen LogP contribution in [0.2, 0.25) is 0 Å². The molecule has 4 aromatic rings. The van der Waals surface area contributed by atoms with E-state index < -0.39 is 6.43 Å². The molecule has 0 unspecified atom stereocenters. The molecular weight excluding hydrogens is 540 g/mol. The van der Waals surface area contributed by atoms with E-state index in [0.29, 0.717) is 60.9 Å². The van der Waals surface area contributed by atoms with Crippen molar-refractivity contribution in [1.82, 2.24) is 29.4 Å². The molecule has 11 heteroatoms. The molecule has 3 aromatic heterocycles. The molecule has 42 heavy (non-hydrogen) atoms. The second kappa shape index (κ2) is 13.1. The molecule has 4 heterocycles. The molecule has 0 N–H and O–H groups in total. The third-order valence-corrected chi connectivity index (χ3v) is 8.16. The van der Waals surface area contributed by atoms with Gasteiger partial charge in [-0.1, -0.05) is 12.1 Å². The van der Waals surface area contributed by atoms with E-state index >= 15 is 0 Å². The number of anilines is 1. The minimum atomic E-state index is -2.76. The number of imidazole rings is 1. The number of nitrogens with zero attached hydrogens (tertiary/aromatic N) is 7. The summed E-state index contributed by atoms with van der Waals surface area (Å²) in [7, 11) is 2.19. The normalized spacial score (nSPS) is 19.6. The van der Waals surface area contributed by atoms with Crippen molar-refractivity contribution >= 4 is 17.0 Å². The van der Waals surface area contributed by atoms with Crippen molar-refractivity contribution in [3.63, 3.8) is 0 Å². The van der Waals surface area contributed by atoms with Gasteiger partial charge in [-0.05, 0) is 74.9 Å². The average molecular weight is 578 g/mol. The molecule has 0 atom stereocenters. The molecule has 1 saturated carbocycles. The molecule has 1 aromatic carbocycles. The molecule has 9 nitrogen and oxygen atoms in total. The third kappa shape index (κ3) is 6.68. The van der Waals surface area contributed by atoms with Crippen molar-refractivity contribution in [1.29, 1.82) is 0 Å². The minimum Gasteiger partial charge on any atom is -0.474 e. The number of likely N-dealkylation sites (N-methyl/N-ethyl adjacent to an activating group) is 1. The number of morpholine rings is 1. The fraction of sp³-hybridized carbons (Fsp3) is 0.484. The van der Waals surface area contributed by atoms with Crippen LogP contribution in [0.1, 0.15) is 43.5 Å². The molecule has 2 aliphatic rings. The fourth-order valence-electron chi connectivity index (χ4n) is 5.92. The van der Waals surface area contributed by atoms with Crippen LogP contribution in [0.4, 0.5) is 14.7 Å². The van der Waals surface area contributed by atoms with Crippen molar-refractivity contribution in [2.45, 2.75) is 44.6 Å². The zero-order valence-electron chi connectivity index (χ0n) is 23.9. The first kappa shape index (κ1) is 28.4. The number of alkyl halides is 2. The summed E-state index contributed by atoms with van der Waals surface area (Å²) in [5.41, 5.74) is 2.36. The number of rotatable bonds is 10. The minimum absolute atomic E-state index is 0.0118. The molecule has 0 amide bonds. The fourth-order valence-corrected chi connectivity index (χ4v) is 5.92. The van der Waals surface area contributed by atoms with Crippen LogP contribution in [-0.4, -0.2) is 81.9 Å². The number of para-hydroxylation sites is 2. The Kier molecular flexibility index (Phi) is 8.85. The molecule has 0 spiro atoms. The first-order chi connectivity index (χ1) is 20.5. The van der Waals surface area contributed by atoms with Crippen LogP contribution in [0.25, 0.3) is 16.9 Å². The van der Waals surface area contributed by atoms with E-state index in [1.807, 2.05) is 23.4 Å². The molecule has 2 fully saturated rings. The predicted molar refractivity (Wildman–Crippen MR) is 156 cm³/mol. The van der Waals surface area contributed by atoms with Gasteiger partial charge < -0.3 is 19.3 Å². The van der Waals surface area contributed by atoms with Gasteiger partial charge in [-0.15, -0.1) is 0 Å². The highest BCUT2D eigenvalue weighted by Crippen LogP contribution is 2.32. The summed E-state index contributed by atoms with van der Waals surface area (Å²) >= 11 is 0. The lowest BCUT2D eigenvalue weighted by Gasteiger charge is -2.32. The van der Waals surface area contributed by atoms with Crippen LogP contribution < -0.4 is 9.64 Å². The standard InChI is InChI=1S/C31H37F2N7O2/c1-38(15-12-22-10-13-34-14-11-22)21-23-6-8-24(9-7-23)42-28-20-27(36-31(37-28)39-16-18-41-19-17-39)40-26-5-3-2-4-25(26)35-30(40)29(32)33/h2-5,10-11,13-14,20,23-24,29H,6-9,12,15-19,21H2,1H3. The van der Waals surface area contributed by atoms with Gasteiger partial charge >= 0.3 is 0 Å². The molecule has 1 aliphatic heterocycles. The van der Waals surface area contributed by atoms with Gasteiger partial charge in [0.15, 0.2) is 5.82 Å². The molecular formula is C31H37F2N7O2. The molecule has 0 bridgehead atoms. The summed E-state index contributed by atoms with van der Waals surface area (Å²) in [6.45, 7) is 4.42. The van der Waals surface area contributed by atoms with E-state index in [4.69, 9.17) is 19.4 Å². The number of benzene rings is 1. The van der Waals surface area contributed by atoms with Crippen LogP contribution >= 0.6 is 0 Å². The van der Waals surface area contributed by atoms with Crippen molar-refractivity contribution in [3.8, 4) is 11.7 Å². The van der Waals surface area contributed by atoms with Crippen LogP contribution in [0.15, 0.2) is 54.9 Å². The lowest BCUT2D eigenvalue weighted by molar-refractivity contribution is 0.112. The third-order valence-electron chi connectivity index (χ3n) is 8.16. The zero-order valence-corrected chi connectivity index (χ0v) is 23.9. The second-order valence-electron chi connectivity index (χ2n) is 11.2. The van der Waals surface area contributed by atoms with Crippen LogP contribution in [0.3, 0.4) is 0 Å². The summed E-state index contributed by atoms with van der Waals surface area (Å²) < 4.78 is 41.7. The highest BCUT2D eigenvalue weighted by molar-refractivity contribution is 5.78. The van der Waals surface area contributed by atoms with E-state index in [9.17, 15) is 8.78 Å². The van der Waals surface area contributed by atoms with E-state index in [0.717, 1.165) is 45.2 Å². The van der Waals surface area contributed by atoms with Crippen LogP contribution in [-0.2, 0) is 11.2 Å². The Labute approximate surface area is 244 Å².